The molecule has 2 aromatic heterocycles. The van der Waals surface area contributed by atoms with Gasteiger partial charge in [0.1, 0.15) is 12.1 Å². The van der Waals surface area contributed by atoms with E-state index in [4.69, 9.17) is 16.3 Å². The van der Waals surface area contributed by atoms with E-state index in [1.807, 2.05) is 30.3 Å². The smallest absolute Gasteiger partial charge is 0.255 e. The molecule has 1 aliphatic rings. The predicted molar refractivity (Wildman–Crippen MR) is 128 cm³/mol. The van der Waals surface area contributed by atoms with Crippen LogP contribution in [0.2, 0.25) is 5.02 Å². The van der Waals surface area contributed by atoms with Gasteiger partial charge in [-0.1, -0.05) is 32.7 Å². The molecule has 1 saturated heterocycles. The van der Waals surface area contributed by atoms with E-state index in [0.29, 0.717) is 53.7 Å². The Labute approximate surface area is 203 Å². The Morgan fingerprint density at radius 3 is 2.55 bits per heavy atom. The van der Waals surface area contributed by atoms with Gasteiger partial charge in [0.05, 0.1) is 23.4 Å². The minimum atomic E-state index is -0.0840. The Kier molecular flexibility index (Phi) is 5.86. The number of aromatic nitrogens is 5. The van der Waals surface area contributed by atoms with Gasteiger partial charge in [-0.15, -0.1) is 5.10 Å². The van der Waals surface area contributed by atoms with Gasteiger partial charge in [-0.05, 0) is 42.5 Å². The van der Waals surface area contributed by atoms with Crippen LogP contribution in [0.25, 0.3) is 16.9 Å². The topological polar surface area (TPSA) is 89.3 Å². The molecule has 2 aromatic carbocycles. The van der Waals surface area contributed by atoms with E-state index in [1.54, 1.807) is 28.8 Å². The molecule has 0 unspecified atom stereocenters. The van der Waals surface area contributed by atoms with Crippen LogP contribution in [0, 0.1) is 0 Å². The zero-order chi connectivity index (χ0) is 22.9. The molecule has 0 spiro atoms. The number of rotatable bonds is 4. The third kappa shape index (κ3) is 4.11. The summed E-state index contributed by atoms with van der Waals surface area (Å²) in [6.07, 6.45) is 1.51. The molecule has 0 N–H and O–H groups in total. The van der Waals surface area contributed by atoms with Crippen LogP contribution in [0.1, 0.15) is 10.4 Å². The predicted octanol–water partition coefficient (Wildman–Crippen LogP) is 3.60. The van der Waals surface area contributed by atoms with Gasteiger partial charge in [0.25, 0.3) is 5.91 Å². The maximum absolute atomic E-state index is 13.0. The number of carbonyl (C=O) groups is 1. The van der Waals surface area contributed by atoms with Crippen LogP contribution >= 0.6 is 27.5 Å². The van der Waals surface area contributed by atoms with Crippen molar-refractivity contribution in [1.29, 1.82) is 0 Å². The number of ether oxygens (including phenoxy) is 1. The summed E-state index contributed by atoms with van der Waals surface area (Å²) in [5.41, 5.74) is 2.54. The summed E-state index contributed by atoms with van der Waals surface area (Å²) in [6, 6.07) is 12.8. The minimum absolute atomic E-state index is 0.0840. The lowest BCUT2D eigenvalue weighted by atomic mass is 10.2. The number of amides is 1. The van der Waals surface area contributed by atoms with E-state index in [0.717, 1.165) is 15.9 Å². The fourth-order valence-electron chi connectivity index (χ4n) is 3.82. The van der Waals surface area contributed by atoms with Crippen molar-refractivity contribution in [2.75, 3.05) is 38.2 Å². The van der Waals surface area contributed by atoms with Crippen molar-refractivity contribution in [3.05, 3.63) is 63.9 Å². The molecule has 168 valence electrons. The third-order valence-corrected chi connectivity index (χ3v) is 6.38. The Bertz CT molecular complexity index is 1320. The summed E-state index contributed by atoms with van der Waals surface area (Å²) in [6.45, 7) is 2.30. The molecule has 0 aliphatic carbocycles. The van der Waals surface area contributed by atoms with Gasteiger partial charge in [0, 0.05) is 30.7 Å². The molecule has 0 atom stereocenters. The van der Waals surface area contributed by atoms with E-state index >= 15 is 0 Å². The lowest BCUT2D eigenvalue weighted by Gasteiger charge is -2.35. The van der Waals surface area contributed by atoms with Crippen LogP contribution in [0.5, 0.6) is 5.75 Å². The molecule has 4 aromatic rings. The van der Waals surface area contributed by atoms with E-state index in [9.17, 15) is 4.79 Å². The van der Waals surface area contributed by atoms with E-state index in [2.05, 4.69) is 41.1 Å². The minimum Gasteiger partial charge on any atom is -0.497 e. The van der Waals surface area contributed by atoms with E-state index in [1.165, 1.54) is 6.33 Å². The van der Waals surface area contributed by atoms with Crippen molar-refractivity contribution in [3.8, 4) is 11.4 Å². The molecule has 1 amide bonds. The van der Waals surface area contributed by atoms with Gasteiger partial charge in [-0.3, -0.25) is 4.79 Å². The molecule has 9 nitrogen and oxygen atoms in total. The van der Waals surface area contributed by atoms with Crippen LogP contribution in [-0.2, 0) is 0 Å². The Morgan fingerprint density at radius 1 is 1.06 bits per heavy atom. The molecule has 33 heavy (non-hydrogen) atoms. The standard InChI is InChI=1S/C22H19BrClN7O2/c1-33-16-5-3-15(4-6-16)31-21-19(27-28-31)20(25-13-26-21)29-8-10-30(11-9-29)22(32)17-12-14(23)2-7-18(17)24/h2-7,12-13H,8-11H2,1H3. The van der Waals surface area contributed by atoms with Crippen molar-refractivity contribution in [1.82, 2.24) is 29.9 Å². The van der Waals surface area contributed by atoms with Crippen LogP contribution in [-0.4, -0.2) is 69.1 Å². The van der Waals surface area contributed by atoms with Crippen molar-refractivity contribution < 1.29 is 9.53 Å². The van der Waals surface area contributed by atoms with Crippen molar-refractivity contribution in [2.45, 2.75) is 0 Å². The zero-order valence-electron chi connectivity index (χ0n) is 17.7. The maximum Gasteiger partial charge on any atom is 0.255 e. The fraction of sp³-hybridized carbons (Fsp3) is 0.227. The molecule has 11 heteroatoms. The summed E-state index contributed by atoms with van der Waals surface area (Å²) in [5, 5.41) is 9.08. The Balaban J connectivity index is 1.36. The second-order valence-electron chi connectivity index (χ2n) is 7.47. The van der Waals surface area contributed by atoms with Gasteiger partial charge in [0.2, 0.25) is 0 Å². The first kappa shape index (κ1) is 21.6. The second-order valence-corrected chi connectivity index (χ2v) is 8.80. The average molecular weight is 529 g/mol. The van der Waals surface area contributed by atoms with Gasteiger partial charge in [-0.25, -0.2) is 9.97 Å². The van der Waals surface area contributed by atoms with Crippen LogP contribution in [0.4, 0.5) is 5.82 Å². The highest BCUT2D eigenvalue weighted by atomic mass is 79.9. The number of halogens is 2. The molecular weight excluding hydrogens is 510 g/mol. The van der Waals surface area contributed by atoms with Gasteiger partial charge < -0.3 is 14.5 Å². The number of benzene rings is 2. The van der Waals surface area contributed by atoms with Crippen molar-refractivity contribution >= 4 is 50.4 Å². The highest BCUT2D eigenvalue weighted by molar-refractivity contribution is 9.10. The van der Waals surface area contributed by atoms with E-state index in [-0.39, 0.29) is 5.91 Å². The molecular formula is C22H19BrClN7O2. The molecule has 1 fully saturated rings. The summed E-state index contributed by atoms with van der Waals surface area (Å²) in [7, 11) is 1.63. The molecule has 5 rings (SSSR count). The van der Waals surface area contributed by atoms with Crippen LogP contribution < -0.4 is 9.64 Å². The number of hydrogen-bond donors (Lipinski definition) is 0. The highest BCUT2D eigenvalue weighted by Crippen LogP contribution is 2.26. The summed E-state index contributed by atoms with van der Waals surface area (Å²) < 4.78 is 7.72. The highest BCUT2D eigenvalue weighted by Gasteiger charge is 2.26. The van der Waals surface area contributed by atoms with Gasteiger partial charge in [0.15, 0.2) is 17.0 Å². The molecule has 0 bridgehead atoms. The number of piperazine rings is 1. The molecule has 1 aliphatic heterocycles. The van der Waals surface area contributed by atoms with Gasteiger partial charge in [-0.2, -0.15) is 4.68 Å². The molecule has 0 saturated carbocycles. The third-order valence-electron chi connectivity index (χ3n) is 5.56. The number of hydrogen-bond acceptors (Lipinski definition) is 7. The molecule has 0 radical (unpaired) electrons. The summed E-state index contributed by atoms with van der Waals surface area (Å²) >= 11 is 9.65. The first-order chi connectivity index (χ1) is 16.0. The maximum atomic E-state index is 13.0. The zero-order valence-corrected chi connectivity index (χ0v) is 20.0. The van der Waals surface area contributed by atoms with Gasteiger partial charge >= 0.3 is 0 Å². The Hall–Kier alpha value is -3.24. The number of methoxy groups -OCH3 is 1. The first-order valence-electron chi connectivity index (χ1n) is 10.3. The van der Waals surface area contributed by atoms with Crippen LogP contribution in [0.15, 0.2) is 53.3 Å². The average Bonchev–Trinajstić information content (AvgIpc) is 3.29. The monoisotopic (exact) mass is 527 g/mol. The number of fused-ring (bicyclic) bond motifs is 1. The number of carbonyl (C=O) groups excluding carboxylic acids is 1. The van der Waals surface area contributed by atoms with Crippen molar-refractivity contribution in [3.63, 3.8) is 0 Å². The normalized spacial score (nSPS) is 14.0. The second kappa shape index (κ2) is 8.95. The largest absolute Gasteiger partial charge is 0.497 e. The summed E-state index contributed by atoms with van der Waals surface area (Å²) in [4.78, 5) is 25.7. The summed E-state index contributed by atoms with van der Waals surface area (Å²) in [5.74, 6) is 1.38. The first-order valence-corrected chi connectivity index (χ1v) is 11.4. The lowest BCUT2D eigenvalue weighted by Crippen LogP contribution is -2.49. The van der Waals surface area contributed by atoms with Crippen LogP contribution in [0.3, 0.4) is 0 Å². The number of nitrogens with zero attached hydrogens (tertiary/aromatic N) is 7. The Morgan fingerprint density at radius 2 is 1.82 bits per heavy atom. The fourth-order valence-corrected chi connectivity index (χ4v) is 4.38. The SMILES string of the molecule is COc1ccc(-n2nnc3c(N4CCN(C(=O)c5cc(Br)ccc5Cl)CC4)ncnc32)cc1. The quantitative estimate of drug-likeness (QED) is 0.400. The van der Waals surface area contributed by atoms with E-state index < -0.39 is 0 Å². The van der Waals surface area contributed by atoms with Crippen molar-refractivity contribution in [2.24, 2.45) is 0 Å². The molecule has 3 heterocycles. The lowest BCUT2D eigenvalue weighted by molar-refractivity contribution is 0.0746. The number of anilines is 1.